The van der Waals surface area contributed by atoms with Crippen molar-refractivity contribution in [2.24, 2.45) is 0 Å². The minimum atomic E-state index is -4.69. The number of benzene rings is 1. The predicted molar refractivity (Wildman–Crippen MR) is 69.0 cm³/mol. The van der Waals surface area contributed by atoms with Gasteiger partial charge in [0, 0.05) is 12.8 Å². The fourth-order valence-electron chi connectivity index (χ4n) is 2.17. The summed E-state index contributed by atoms with van der Waals surface area (Å²) in [5, 5.41) is 0. The van der Waals surface area contributed by atoms with E-state index in [0.29, 0.717) is 18.4 Å². The lowest BCUT2D eigenvalue weighted by Gasteiger charge is -2.17. The van der Waals surface area contributed by atoms with E-state index in [0.717, 1.165) is 18.6 Å². The fourth-order valence-corrected chi connectivity index (χ4v) is 2.17. The van der Waals surface area contributed by atoms with Crippen LogP contribution in [-0.2, 0) is 11.0 Å². The molecular formula is C15H18F4O. The maximum atomic E-state index is 13.6. The maximum Gasteiger partial charge on any atom is 0.419 e. The molecular weight excluding hydrogens is 272 g/mol. The van der Waals surface area contributed by atoms with Crippen LogP contribution < -0.4 is 0 Å². The molecule has 0 radical (unpaired) electrons. The second kappa shape index (κ2) is 6.86. The average Bonchev–Trinajstić information content (AvgIpc) is 2.36. The second-order valence-corrected chi connectivity index (χ2v) is 4.82. The minimum Gasteiger partial charge on any atom is -0.300 e. The Kier molecular flexibility index (Phi) is 5.72. The molecule has 112 valence electrons. The molecule has 0 aromatic heterocycles. The minimum absolute atomic E-state index is 0.0313. The monoisotopic (exact) mass is 290 g/mol. The van der Waals surface area contributed by atoms with Crippen LogP contribution in [0.3, 0.4) is 0 Å². The summed E-state index contributed by atoms with van der Waals surface area (Å²) >= 11 is 0. The van der Waals surface area contributed by atoms with Crippen molar-refractivity contribution in [1.29, 1.82) is 0 Å². The molecule has 0 aliphatic carbocycles. The number of halogens is 4. The van der Waals surface area contributed by atoms with Crippen molar-refractivity contribution in [2.45, 2.75) is 51.6 Å². The summed E-state index contributed by atoms with van der Waals surface area (Å²) in [5.41, 5.74) is -0.808. The zero-order chi connectivity index (χ0) is 15.3. The largest absolute Gasteiger partial charge is 0.419 e. The Bertz CT molecular complexity index is 465. The Balaban J connectivity index is 3.03. The van der Waals surface area contributed by atoms with Gasteiger partial charge in [-0.1, -0.05) is 26.3 Å². The standard InChI is InChI=1S/C15H18F4O/c1-3-5-10(8-12(20)4-2)11-6-7-13(14(16)9-11)15(17,18)19/h6-7,9-10H,3-5,8H2,1-2H3. The van der Waals surface area contributed by atoms with Crippen molar-refractivity contribution in [2.75, 3.05) is 0 Å². The lowest BCUT2D eigenvalue weighted by atomic mass is 9.88. The summed E-state index contributed by atoms with van der Waals surface area (Å²) in [6.07, 6.45) is -2.64. The van der Waals surface area contributed by atoms with Crippen molar-refractivity contribution < 1.29 is 22.4 Å². The molecule has 1 aromatic carbocycles. The molecule has 0 heterocycles. The molecule has 1 rings (SSSR count). The van der Waals surface area contributed by atoms with Gasteiger partial charge in [0.15, 0.2) is 0 Å². The van der Waals surface area contributed by atoms with E-state index in [9.17, 15) is 22.4 Å². The van der Waals surface area contributed by atoms with Crippen LogP contribution in [0.25, 0.3) is 0 Å². The number of rotatable bonds is 6. The van der Waals surface area contributed by atoms with E-state index in [1.54, 1.807) is 6.92 Å². The number of Topliss-reactive ketones (excluding diaryl/α,β-unsaturated/α-hetero) is 1. The molecule has 1 nitrogen and oxygen atoms in total. The van der Waals surface area contributed by atoms with Crippen LogP contribution >= 0.6 is 0 Å². The molecule has 0 aliphatic rings. The molecule has 0 amide bonds. The molecule has 20 heavy (non-hydrogen) atoms. The van der Waals surface area contributed by atoms with Gasteiger partial charge in [0.1, 0.15) is 11.6 Å². The Morgan fingerprint density at radius 3 is 2.35 bits per heavy atom. The van der Waals surface area contributed by atoms with E-state index in [1.807, 2.05) is 6.92 Å². The fraction of sp³-hybridized carbons (Fsp3) is 0.533. The smallest absolute Gasteiger partial charge is 0.300 e. The van der Waals surface area contributed by atoms with Gasteiger partial charge in [-0.05, 0) is 30.0 Å². The predicted octanol–water partition coefficient (Wildman–Crippen LogP) is 5.10. The van der Waals surface area contributed by atoms with Gasteiger partial charge in [0.25, 0.3) is 0 Å². The summed E-state index contributed by atoms with van der Waals surface area (Å²) in [7, 11) is 0. The molecule has 1 aromatic rings. The highest BCUT2D eigenvalue weighted by Crippen LogP contribution is 2.34. The average molecular weight is 290 g/mol. The van der Waals surface area contributed by atoms with Gasteiger partial charge in [-0.25, -0.2) is 4.39 Å². The second-order valence-electron chi connectivity index (χ2n) is 4.82. The van der Waals surface area contributed by atoms with Crippen LogP contribution in [0.5, 0.6) is 0 Å². The number of carbonyl (C=O) groups is 1. The van der Waals surface area contributed by atoms with Crippen LogP contribution in [0.2, 0.25) is 0 Å². The van der Waals surface area contributed by atoms with Crippen molar-refractivity contribution in [3.8, 4) is 0 Å². The summed E-state index contributed by atoms with van der Waals surface area (Å²) in [4.78, 5) is 11.5. The van der Waals surface area contributed by atoms with E-state index in [2.05, 4.69) is 0 Å². The highest BCUT2D eigenvalue weighted by Gasteiger charge is 2.34. The zero-order valence-corrected chi connectivity index (χ0v) is 11.6. The third kappa shape index (κ3) is 4.32. The molecule has 5 heteroatoms. The summed E-state index contributed by atoms with van der Waals surface area (Å²) in [6.45, 7) is 3.66. The molecule has 0 fully saturated rings. The van der Waals surface area contributed by atoms with Crippen molar-refractivity contribution in [3.63, 3.8) is 0 Å². The highest BCUT2D eigenvalue weighted by molar-refractivity contribution is 5.78. The van der Waals surface area contributed by atoms with Crippen LogP contribution in [0, 0.1) is 5.82 Å². The Labute approximate surface area is 116 Å². The molecule has 0 saturated heterocycles. The molecule has 0 saturated carbocycles. The number of alkyl halides is 3. The van der Waals surface area contributed by atoms with Crippen molar-refractivity contribution in [3.05, 3.63) is 35.1 Å². The molecule has 0 spiro atoms. The van der Waals surface area contributed by atoms with E-state index in [-0.39, 0.29) is 18.1 Å². The van der Waals surface area contributed by atoms with E-state index >= 15 is 0 Å². The Morgan fingerprint density at radius 1 is 1.25 bits per heavy atom. The Morgan fingerprint density at radius 2 is 1.90 bits per heavy atom. The SMILES string of the molecule is CCCC(CC(=O)CC)c1ccc(C(F)(F)F)c(F)c1. The Hall–Kier alpha value is -1.39. The molecule has 1 unspecified atom stereocenters. The van der Waals surface area contributed by atoms with Gasteiger partial charge >= 0.3 is 6.18 Å². The van der Waals surface area contributed by atoms with Gasteiger partial charge in [-0.2, -0.15) is 13.2 Å². The third-order valence-corrected chi connectivity index (χ3v) is 3.28. The van der Waals surface area contributed by atoms with Gasteiger partial charge < -0.3 is 0 Å². The van der Waals surface area contributed by atoms with Gasteiger partial charge in [0.2, 0.25) is 0 Å². The first-order chi connectivity index (χ1) is 9.29. The molecule has 1 atom stereocenters. The van der Waals surface area contributed by atoms with Crippen LogP contribution in [-0.4, -0.2) is 5.78 Å². The van der Waals surface area contributed by atoms with Gasteiger partial charge in [-0.15, -0.1) is 0 Å². The van der Waals surface area contributed by atoms with Crippen LogP contribution in [0.15, 0.2) is 18.2 Å². The lowest BCUT2D eigenvalue weighted by molar-refractivity contribution is -0.140. The highest BCUT2D eigenvalue weighted by atomic mass is 19.4. The zero-order valence-electron chi connectivity index (χ0n) is 11.6. The number of ketones is 1. The van der Waals surface area contributed by atoms with E-state index in [4.69, 9.17) is 0 Å². The number of carbonyl (C=O) groups excluding carboxylic acids is 1. The number of hydrogen-bond acceptors (Lipinski definition) is 1. The lowest BCUT2D eigenvalue weighted by Crippen LogP contribution is -2.11. The first-order valence-electron chi connectivity index (χ1n) is 6.67. The molecule has 0 bridgehead atoms. The third-order valence-electron chi connectivity index (χ3n) is 3.28. The van der Waals surface area contributed by atoms with Crippen LogP contribution in [0.1, 0.15) is 56.6 Å². The molecule has 0 aliphatic heterocycles. The van der Waals surface area contributed by atoms with Gasteiger partial charge in [-0.3, -0.25) is 4.79 Å². The summed E-state index contributed by atoms with van der Waals surface area (Å²) in [5.74, 6) is -1.46. The van der Waals surface area contributed by atoms with Crippen molar-refractivity contribution >= 4 is 5.78 Å². The van der Waals surface area contributed by atoms with E-state index < -0.39 is 17.6 Å². The van der Waals surface area contributed by atoms with Gasteiger partial charge in [0.05, 0.1) is 5.56 Å². The first-order valence-corrected chi connectivity index (χ1v) is 6.67. The van der Waals surface area contributed by atoms with E-state index in [1.165, 1.54) is 6.07 Å². The van der Waals surface area contributed by atoms with Crippen molar-refractivity contribution in [1.82, 2.24) is 0 Å². The quantitative estimate of drug-likeness (QED) is 0.666. The summed E-state index contributed by atoms with van der Waals surface area (Å²) in [6, 6.07) is 2.94. The summed E-state index contributed by atoms with van der Waals surface area (Å²) < 4.78 is 51.1. The first kappa shape index (κ1) is 16.7. The maximum absolute atomic E-state index is 13.6. The normalized spacial score (nSPS) is 13.3. The number of hydrogen-bond donors (Lipinski definition) is 0. The molecule has 0 N–H and O–H groups in total. The topological polar surface area (TPSA) is 17.1 Å². The van der Waals surface area contributed by atoms with Crippen LogP contribution in [0.4, 0.5) is 17.6 Å².